The van der Waals surface area contributed by atoms with Crippen molar-refractivity contribution in [3.8, 4) is 11.9 Å². The lowest BCUT2D eigenvalue weighted by Gasteiger charge is -2.35. The van der Waals surface area contributed by atoms with E-state index < -0.39 is 0 Å². The first-order chi connectivity index (χ1) is 11.7. The Morgan fingerprint density at radius 1 is 1.29 bits per heavy atom. The second-order valence-electron chi connectivity index (χ2n) is 6.87. The molecule has 2 bridgehead atoms. The van der Waals surface area contributed by atoms with E-state index in [1.54, 1.807) is 0 Å². The minimum Gasteiger partial charge on any atom is -0.470 e. The van der Waals surface area contributed by atoms with Crippen LogP contribution in [-0.2, 0) is 4.79 Å². The van der Waals surface area contributed by atoms with Crippen LogP contribution in [0.3, 0.4) is 0 Å². The highest BCUT2D eigenvalue weighted by molar-refractivity contribution is 5.80. The Morgan fingerprint density at radius 2 is 2.17 bits per heavy atom. The number of hydrogen-bond donors (Lipinski definition) is 0. The molecule has 2 fully saturated rings. The number of likely N-dealkylation sites (tertiary alicyclic amines) is 1. The molecular formula is C18H20N4O2. The number of fused-ring (bicyclic) bond motifs is 2. The van der Waals surface area contributed by atoms with Crippen LogP contribution in [0.4, 0.5) is 0 Å². The normalized spacial score (nSPS) is 31.0. The average molecular weight is 324 g/mol. The number of amides is 1. The summed E-state index contributed by atoms with van der Waals surface area (Å²) in [5.74, 6) is 1.69. The van der Waals surface area contributed by atoms with Crippen molar-refractivity contribution in [1.82, 2.24) is 14.9 Å². The maximum absolute atomic E-state index is 12.9. The van der Waals surface area contributed by atoms with Crippen LogP contribution in [-0.4, -0.2) is 40.0 Å². The minimum atomic E-state index is -0.124. The van der Waals surface area contributed by atoms with Crippen molar-refractivity contribution in [3.05, 3.63) is 30.2 Å². The van der Waals surface area contributed by atoms with E-state index in [1.807, 2.05) is 11.0 Å². The molecule has 1 saturated carbocycles. The van der Waals surface area contributed by atoms with E-state index in [0.717, 1.165) is 32.2 Å². The molecule has 2 heterocycles. The van der Waals surface area contributed by atoms with Gasteiger partial charge < -0.3 is 9.64 Å². The molecule has 1 aromatic rings. The molecule has 0 radical (unpaired) electrons. The van der Waals surface area contributed by atoms with E-state index >= 15 is 0 Å². The third-order valence-corrected chi connectivity index (χ3v) is 5.33. The number of aromatic nitrogens is 2. The lowest BCUT2D eigenvalue weighted by Crippen LogP contribution is -2.47. The number of carbonyl (C=O) groups excluding carboxylic acids is 1. The van der Waals surface area contributed by atoms with Gasteiger partial charge in [0, 0.05) is 24.9 Å². The van der Waals surface area contributed by atoms with Crippen LogP contribution in [0.15, 0.2) is 24.5 Å². The Bertz CT molecular complexity index is 711. The van der Waals surface area contributed by atoms with Crippen molar-refractivity contribution in [1.29, 1.82) is 5.26 Å². The van der Waals surface area contributed by atoms with E-state index in [9.17, 15) is 4.79 Å². The summed E-state index contributed by atoms with van der Waals surface area (Å²) in [5.41, 5.74) is 0.194. The van der Waals surface area contributed by atoms with E-state index in [0.29, 0.717) is 18.4 Å². The molecule has 1 amide bonds. The van der Waals surface area contributed by atoms with E-state index in [2.05, 4.69) is 22.1 Å². The van der Waals surface area contributed by atoms with Gasteiger partial charge in [-0.05, 0) is 37.5 Å². The second kappa shape index (κ2) is 6.23. The third-order valence-electron chi connectivity index (χ3n) is 5.33. The van der Waals surface area contributed by atoms with Gasteiger partial charge in [-0.2, -0.15) is 5.26 Å². The van der Waals surface area contributed by atoms with Crippen molar-refractivity contribution >= 4 is 5.91 Å². The zero-order valence-corrected chi connectivity index (χ0v) is 13.5. The molecule has 2 aliphatic carbocycles. The van der Waals surface area contributed by atoms with Gasteiger partial charge in [-0.25, -0.2) is 9.97 Å². The van der Waals surface area contributed by atoms with Crippen molar-refractivity contribution in [2.24, 2.45) is 17.8 Å². The molecule has 4 unspecified atom stereocenters. The molecule has 6 nitrogen and oxygen atoms in total. The SMILES string of the molecule is N#Cc1nccnc1OC1CCCN(C(=O)C2CC3C=CC2C3)C1. The molecular weight excluding hydrogens is 304 g/mol. The van der Waals surface area contributed by atoms with Crippen LogP contribution in [0.2, 0.25) is 0 Å². The number of rotatable bonds is 3. The quantitative estimate of drug-likeness (QED) is 0.794. The molecule has 4 atom stereocenters. The lowest BCUT2D eigenvalue weighted by molar-refractivity contribution is -0.139. The molecule has 124 valence electrons. The average Bonchev–Trinajstić information content (AvgIpc) is 3.25. The maximum atomic E-state index is 12.9. The van der Waals surface area contributed by atoms with E-state index in [-0.39, 0.29) is 29.5 Å². The van der Waals surface area contributed by atoms with Gasteiger partial charge in [-0.1, -0.05) is 12.2 Å². The van der Waals surface area contributed by atoms with Crippen molar-refractivity contribution in [2.75, 3.05) is 13.1 Å². The highest BCUT2D eigenvalue weighted by Crippen LogP contribution is 2.44. The van der Waals surface area contributed by atoms with Crippen LogP contribution in [0, 0.1) is 29.1 Å². The summed E-state index contributed by atoms with van der Waals surface area (Å²) >= 11 is 0. The van der Waals surface area contributed by atoms with Crippen molar-refractivity contribution < 1.29 is 9.53 Å². The highest BCUT2D eigenvalue weighted by atomic mass is 16.5. The number of ether oxygens (including phenoxy) is 1. The van der Waals surface area contributed by atoms with Gasteiger partial charge in [0.05, 0.1) is 6.54 Å². The zero-order chi connectivity index (χ0) is 16.5. The summed E-state index contributed by atoms with van der Waals surface area (Å²) in [5, 5.41) is 9.09. The molecule has 6 heteroatoms. The first-order valence-electron chi connectivity index (χ1n) is 8.59. The van der Waals surface area contributed by atoms with Crippen molar-refractivity contribution in [2.45, 2.75) is 31.8 Å². The fourth-order valence-electron chi connectivity index (χ4n) is 4.18. The van der Waals surface area contributed by atoms with Gasteiger partial charge in [0.2, 0.25) is 11.6 Å². The summed E-state index contributed by atoms with van der Waals surface area (Å²) in [6, 6.07) is 2.00. The monoisotopic (exact) mass is 324 g/mol. The van der Waals surface area contributed by atoms with Crippen LogP contribution >= 0.6 is 0 Å². The Labute approximate surface area is 141 Å². The number of allylic oxidation sites excluding steroid dienone is 2. The lowest BCUT2D eigenvalue weighted by atomic mass is 9.91. The Morgan fingerprint density at radius 3 is 2.92 bits per heavy atom. The number of nitrogens with zero attached hydrogens (tertiary/aromatic N) is 4. The molecule has 24 heavy (non-hydrogen) atoms. The fourth-order valence-corrected chi connectivity index (χ4v) is 4.18. The minimum absolute atomic E-state index is 0.124. The largest absolute Gasteiger partial charge is 0.470 e. The van der Waals surface area contributed by atoms with E-state index in [4.69, 9.17) is 10.00 Å². The summed E-state index contributed by atoms with van der Waals surface area (Å²) in [6.45, 7) is 1.36. The maximum Gasteiger partial charge on any atom is 0.251 e. The van der Waals surface area contributed by atoms with E-state index in [1.165, 1.54) is 12.4 Å². The van der Waals surface area contributed by atoms with Gasteiger partial charge in [-0.3, -0.25) is 4.79 Å². The summed E-state index contributed by atoms with van der Waals surface area (Å²) in [4.78, 5) is 22.9. The fraction of sp³-hybridized carbons (Fsp3) is 0.556. The molecule has 1 saturated heterocycles. The van der Waals surface area contributed by atoms with Gasteiger partial charge in [-0.15, -0.1) is 0 Å². The topological polar surface area (TPSA) is 79.1 Å². The Balaban J connectivity index is 1.41. The molecule has 4 rings (SSSR count). The number of piperidine rings is 1. The zero-order valence-electron chi connectivity index (χ0n) is 13.5. The van der Waals surface area contributed by atoms with Crippen molar-refractivity contribution in [3.63, 3.8) is 0 Å². The predicted octanol–water partition coefficient (Wildman–Crippen LogP) is 1.93. The Kier molecular flexibility index (Phi) is 3.93. The molecule has 3 aliphatic rings. The predicted molar refractivity (Wildman–Crippen MR) is 85.8 cm³/mol. The van der Waals surface area contributed by atoms with Gasteiger partial charge in [0.15, 0.2) is 0 Å². The van der Waals surface area contributed by atoms with Crippen LogP contribution in [0.1, 0.15) is 31.4 Å². The summed E-state index contributed by atoms with van der Waals surface area (Å²) in [7, 11) is 0. The van der Waals surface area contributed by atoms with Gasteiger partial charge in [0.25, 0.3) is 5.88 Å². The summed E-state index contributed by atoms with van der Waals surface area (Å²) < 4.78 is 5.88. The number of nitriles is 1. The first-order valence-corrected chi connectivity index (χ1v) is 8.59. The number of carbonyl (C=O) groups is 1. The molecule has 0 aromatic carbocycles. The molecule has 0 N–H and O–H groups in total. The van der Waals surface area contributed by atoms with Gasteiger partial charge >= 0.3 is 0 Å². The van der Waals surface area contributed by atoms with Crippen LogP contribution in [0.5, 0.6) is 5.88 Å². The Hall–Kier alpha value is -2.42. The molecule has 1 aliphatic heterocycles. The van der Waals surface area contributed by atoms with Crippen LogP contribution in [0.25, 0.3) is 0 Å². The standard InChI is InChI=1S/C18H20N4O2/c19-10-16-17(21-6-5-20-16)24-14-2-1-7-22(11-14)18(23)15-9-12-3-4-13(15)8-12/h3-6,12-15H,1-2,7-9,11H2. The smallest absolute Gasteiger partial charge is 0.251 e. The summed E-state index contributed by atoms with van der Waals surface area (Å²) in [6.07, 6.45) is 11.2. The van der Waals surface area contributed by atoms with Crippen LogP contribution < -0.4 is 4.74 Å². The van der Waals surface area contributed by atoms with Gasteiger partial charge in [0.1, 0.15) is 12.2 Å². The second-order valence-corrected chi connectivity index (χ2v) is 6.87. The highest BCUT2D eigenvalue weighted by Gasteiger charge is 2.42. The first kappa shape index (κ1) is 15.1. The molecule has 0 spiro atoms. The third kappa shape index (κ3) is 2.75. The molecule has 1 aromatic heterocycles. The number of hydrogen-bond acceptors (Lipinski definition) is 5.